The summed E-state index contributed by atoms with van der Waals surface area (Å²) in [6.45, 7) is 3.37. The molecule has 0 bridgehead atoms. The lowest BCUT2D eigenvalue weighted by Gasteiger charge is -2.27. The summed E-state index contributed by atoms with van der Waals surface area (Å²) in [5.74, 6) is 0.575. The second-order valence-electron chi connectivity index (χ2n) is 4.17. The van der Waals surface area contributed by atoms with Crippen LogP contribution in [0.1, 0.15) is 32.6 Å². The van der Waals surface area contributed by atoms with Crippen LogP contribution in [-0.2, 0) is 0 Å². The van der Waals surface area contributed by atoms with Crippen molar-refractivity contribution in [3.05, 3.63) is 0 Å². The fraction of sp³-hybridized carbons (Fsp3) is 0.900. The van der Waals surface area contributed by atoms with Gasteiger partial charge in [-0.05, 0) is 38.5 Å². The third-order valence-electron chi connectivity index (χ3n) is 3.02. The van der Waals surface area contributed by atoms with Gasteiger partial charge in [-0.1, -0.05) is 0 Å². The van der Waals surface area contributed by atoms with Crippen LogP contribution >= 0.6 is 0 Å². The Hall–Kier alpha value is -0.770. The van der Waals surface area contributed by atoms with Crippen molar-refractivity contribution in [3.63, 3.8) is 0 Å². The molecular weight excluding hydrogens is 180 g/mol. The summed E-state index contributed by atoms with van der Waals surface area (Å²) in [5, 5.41) is 8.83. The molecule has 1 fully saturated rings. The maximum atomic E-state index is 10.7. The molecule has 4 heteroatoms. The van der Waals surface area contributed by atoms with Crippen LogP contribution in [0.25, 0.3) is 0 Å². The molecule has 0 spiro atoms. The summed E-state index contributed by atoms with van der Waals surface area (Å²) in [6, 6.07) is 0.242. The van der Waals surface area contributed by atoms with Gasteiger partial charge in [-0.2, -0.15) is 0 Å². The van der Waals surface area contributed by atoms with Gasteiger partial charge in [0.25, 0.3) is 0 Å². The number of rotatable bonds is 1. The van der Waals surface area contributed by atoms with Crippen LogP contribution in [-0.4, -0.2) is 35.2 Å². The number of amides is 1. The monoisotopic (exact) mass is 200 g/mol. The van der Waals surface area contributed by atoms with Crippen LogP contribution in [0.4, 0.5) is 4.79 Å². The first kappa shape index (κ1) is 11.3. The highest BCUT2D eigenvalue weighted by Gasteiger charge is 2.19. The zero-order valence-corrected chi connectivity index (χ0v) is 8.78. The molecule has 0 aromatic heterocycles. The van der Waals surface area contributed by atoms with Gasteiger partial charge in [0.2, 0.25) is 0 Å². The molecule has 82 valence electrons. The molecule has 14 heavy (non-hydrogen) atoms. The standard InChI is InChI=1S/C10H20N2O2/c1-8(11)9-4-2-6-12(10(13)14)7-3-5-9/h8-9H,2-7,11H2,1H3,(H,13,14)/t8-/m0/s1. The van der Waals surface area contributed by atoms with Crippen molar-refractivity contribution in [2.24, 2.45) is 11.7 Å². The van der Waals surface area contributed by atoms with Gasteiger partial charge in [-0.25, -0.2) is 4.79 Å². The second-order valence-corrected chi connectivity index (χ2v) is 4.17. The summed E-state index contributed by atoms with van der Waals surface area (Å²) in [4.78, 5) is 12.2. The van der Waals surface area contributed by atoms with E-state index in [1.165, 1.54) is 4.90 Å². The Bertz CT molecular complexity index is 185. The molecule has 1 rings (SSSR count). The van der Waals surface area contributed by atoms with Crippen molar-refractivity contribution in [1.29, 1.82) is 0 Å². The van der Waals surface area contributed by atoms with Crippen molar-refractivity contribution in [3.8, 4) is 0 Å². The Kier molecular flexibility index (Phi) is 4.20. The van der Waals surface area contributed by atoms with E-state index >= 15 is 0 Å². The molecule has 1 amide bonds. The summed E-state index contributed by atoms with van der Waals surface area (Å²) in [5.41, 5.74) is 5.85. The molecule has 0 radical (unpaired) electrons. The van der Waals surface area contributed by atoms with Gasteiger partial charge >= 0.3 is 6.09 Å². The minimum atomic E-state index is -0.788. The molecule has 1 heterocycles. The Labute approximate surface area is 85.1 Å². The van der Waals surface area contributed by atoms with Crippen LogP contribution in [0.5, 0.6) is 0 Å². The molecule has 0 saturated carbocycles. The average Bonchev–Trinajstić information content (AvgIpc) is 2.01. The van der Waals surface area contributed by atoms with Crippen LogP contribution in [0.2, 0.25) is 0 Å². The van der Waals surface area contributed by atoms with Crippen LogP contribution in [0.3, 0.4) is 0 Å². The van der Waals surface area contributed by atoms with Crippen molar-refractivity contribution < 1.29 is 9.90 Å². The third-order valence-corrected chi connectivity index (χ3v) is 3.02. The molecule has 0 aromatic carbocycles. The molecule has 0 unspecified atom stereocenters. The van der Waals surface area contributed by atoms with E-state index < -0.39 is 6.09 Å². The number of hydrogen-bond donors (Lipinski definition) is 2. The first-order valence-corrected chi connectivity index (χ1v) is 5.34. The number of nitrogens with two attached hydrogens (primary N) is 1. The molecule has 1 saturated heterocycles. The van der Waals surface area contributed by atoms with Gasteiger partial charge in [0, 0.05) is 19.1 Å². The molecule has 4 nitrogen and oxygen atoms in total. The van der Waals surface area contributed by atoms with E-state index in [1.54, 1.807) is 0 Å². The van der Waals surface area contributed by atoms with E-state index in [4.69, 9.17) is 10.8 Å². The minimum absolute atomic E-state index is 0.242. The molecule has 1 aliphatic rings. The van der Waals surface area contributed by atoms with Crippen LogP contribution in [0.15, 0.2) is 0 Å². The summed E-state index contributed by atoms with van der Waals surface area (Å²) >= 11 is 0. The van der Waals surface area contributed by atoms with Crippen molar-refractivity contribution in [2.45, 2.75) is 38.6 Å². The smallest absolute Gasteiger partial charge is 0.407 e. The van der Waals surface area contributed by atoms with Crippen LogP contribution in [0, 0.1) is 5.92 Å². The molecule has 1 atom stereocenters. The van der Waals surface area contributed by atoms with Gasteiger partial charge in [-0.3, -0.25) is 0 Å². The Morgan fingerprint density at radius 2 is 1.93 bits per heavy atom. The van der Waals surface area contributed by atoms with Gasteiger partial charge in [0.05, 0.1) is 0 Å². The molecular formula is C10H20N2O2. The highest BCUT2D eigenvalue weighted by Crippen LogP contribution is 2.20. The van der Waals surface area contributed by atoms with E-state index in [1.807, 2.05) is 6.92 Å². The number of likely N-dealkylation sites (tertiary alicyclic amines) is 1. The zero-order chi connectivity index (χ0) is 10.6. The zero-order valence-electron chi connectivity index (χ0n) is 8.78. The summed E-state index contributed by atoms with van der Waals surface area (Å²) in [6.07, 6.45) is 3.21. The molecule has 0 aromatic rings. The normalized spacial score (nSPS) is 22.6. The fourth-order valence-corrected chi connectivity index (χ4v) is 2.06. The van der Waals surface area contributed by atoms with Crippen molar-refractivity contribution in [1.82, 2.24) is 4.90 Å². The molecule has 0 aliphatic carbocycles. The minimum Gasteiger partial charge on any atom is -0.465 e. The highest BCUT2D eigenvalue weighted by molar-refractivity contribution is 5.64. The SMILES string of the molecule is C[C@H](N)C1CCCN(C(=O)O)CCC1. The van der Waals surface area contributed by atoms with E-state index in [-0.39, 0.29) is 6.04 Å². The van der Waals surface area contributed by atoms with Crippen molar-refractivity contribution in [2.75, 3.05) is 13.1 Å². The first-order valence-electron chi connectivity index (χ1n) is 5.34. The maximum absolute atomic E-state index is 10.7. The third kappa shape index (κ3) is 3.18. The fourth-order valence-electron chi connectivity index (χ4n) is 2.06. The number of carboxylic acid groups (broad SMARTS) is 1. The van der Waals surface area contributed by atoms with Gasteiger partial charge in [0.15, 0.2) is 0 Å². The summed E-state index contributed by atoms with van der Waals surface area (Å²) < 4.78 is 0. The average molecular weight is 200 g/mol. The Balaban J connectivity index is 2.39. The van der Waals surface area contributed by atoms with E-state index in [9.17, 15) is 4.79 Å². The van der Waals surface area contributed by atoms with Crippen molar-refractivity contribution >= 4 is 6.09 Å². The predicted octanol–water partition coefficient (Wildman–Crippen LogP) is 1.50. The van der Waals surface area contributed by atoms with Crippen LogP contribution < -0.4 is 5.73 Å². The largest absolute Gasteiger partial charge is 0.465 e. The Morgan fingerprint density at radius 3 is 2.29 bits per heavy atom. The maximum Gasteiger partial charge on any atom is 0.407 e. The summed E-state index contributed by atoms with van der Waals surface area (Å²) in [7, 11) is 0. The highest BCUT2D eigenvalue weighted by atomic mass is 16.4. The number of carbonyl (C=O) groups is 1. The lowest BCUT2D eigenvalue weighted by atomic mass is 9.90. The predicted molar refractivity (Wildman–Crippen MR) is 55.2 cm³/mol. The lowest BCUT2D eigenvalue weighted by molar-refractivity contribution is 0.136. The topological polar surface area (TPSA) is 66.6 Å². The Morgan fingerprint density at radius 1 is 1.43 bits per heavy atom. The second kappa shape index (κ2) is 5.20. The van der Waals surface area contributed by atoms with Gasteiger partial charge in [0.1, 0.15) is 0 Å². The number of hydrogen-bond acceptors (Lipinski definition) is 2. The molecule has 3 N–H and O–H groups in total. The van der Waals surface area contributed by atoms with E-state index in [0.29, 0.717) is 19.0 Å². The van der Waals surface area contributed by atoms with Gasteiger partial charge < -0.3 is 15.7 Å². The lowest BCUT2D eigenvalue weighted by Crippen LogP contribution is -2.36. The molecule has 1 aliphatic heterocycles. The van der Waals surface area contributed by atoms with E-state index in [0.717, 1.165) is 25.7 Å². The quantitative estimate of drug-likeness (QED) is 0.674. The van der Waals surface area contributed by atoms with E-state index in [2.05, 4.69) is 0 Å². The van der Waals surface area contributed by atoms with Gasteiger partial charge in [-0.15, -0.1) is 0 Å². The first-order chi connectivity index (χ1) is 6.61. The number of nitrogens with zero attached hydrogens (tertiary/aromatic N) is 1.